The number of furan rings is 1. The maximum Gasteiger partial charge on any atom is 0.241 e. The highest BCUT2D eigenvalue weighted by Crippen LogP contribution is 2.17. The topological polar surface area (TPSA) is 88.4 Å². The second kappa shape index (κ2) is 7.43. The van der Waals surface area contributed by atoms with E-state index in [4.69, 9.17) is 4.42 Å². The number of amides is 1. The van der Waals surface area contributed by atoms with Crippen LogP contribution < -0.4 is 10.0 Å². The molecule has 2 aromatic rings. The molecular weight excluding hydrogens is 316 g/mol. The molecule has 0 atom stereocenters. The fourth-order valence-corrected chi connectivity index (χ4v) is 2.92. The summed E-state index contributed by atoms with van der Waals surface area (Å²) in [5, 5.41) is 2.57. The number of carbonyl (C=O) groups is 1. The van der Waals surface area contributed by atoms with Gasteiger partial charge >= 0.3 is 0 Å². The largest absolute Gasteiger partial charge is 0.467 e. The molecule has 1 heterocycles. The minimum atomic E-state index is -3.70. The van der Waals surface area contributed by atoms with E-state index in [0.29, 0.717) is 11.7 Å². The number of nitrogens with one attached hydrogen (secondary N) is 2. The minimum absolute atomic E-state index is 0.140. The van der Waals surface area contributed by atoms with Crippen molar-refractivity contribution in [1.82, 2.24) is 10.0 Å². The molecule has 1 amide bonds. The molecule has 0 saturated carbocycles. The van der Waals surface area contributed by atoms with Crippen LogP contribution in [0.25, 0.3) is 0 Å². The van der Waals surface area contributed by atoms with Crippen molar-refractivity contribution in [3.05, 3.63) is 54.0 Å². The molecule has 23 heavy (non-hydrogen) atoms. The van der Waals surface area contributed by atoms with E-state index < -0.39 is 15.9 Å². The predicted octanol–water partition coefficient (Wildman–Crippen LogP) is 2.00. The first-order chi connectivity index (χ1) is 10.9. The number of carbonyl (C=O) groups excluding carboxylic acids is 1. The standard InChI is InChI=1S/C16H20N2O4S/c1-12(2)13-5-7-15(8-6-13)23(20,21)18-11-16(19)17-10-14-4-3-9-22-14/h3-9,12,18H,10-11H2,1-2H3,(H,17,19). The molecule has 0 aliphatic rings. The van der Waals surface area contributed by atoms with Gasteiger partial charge in [0.05, 0.1) is 24.2 Å². The fourth-order valence-electron chi connectivity index (χ4n) is 1.94. The number of sulfonamides is 1. The summed E-state index contributed by atoms with van der Waals surface area (Å²) < 4.78 is 31.6. The Balaban J connectivity index is 1.89. The van der Waals surface area contributed by atoms with Crippen molar-refractivity contribution >= 4 is 15.9 Å². The average molecular weight is 336 g/mol. The Kier molecular flexibility index (Phi) is 5.57. The molecule has 1 aromatic heterocycles. The van der Waals surface area contributed by atoms with Gasteiger partial charge in [-0.1, -0.05) is 26.0 Å². The van der Waals surface area contributed by atoms with Crippen LogP contribution in [0.4, 0.5) is 0 Å². The Hall–Kier alpha value is -2.12. The second-order valence-electron chi connectivity index (χ2n) is 5.40. The number of rotatable bonds is 7. The predicted molar refractivity (Wildman–Crippen MR) is 86.3 cm³/mol. The first-order valence-corrected chi connectivity index (χ1v) is 8.75. The maximum atomic E-state index is 12.1. The summed E-state index contributed by atoms with van der Waals surface area (Å²) >= 11 is 0. The molecule has 124 valence electrons. The summed E-state index contributed by atoms with van der Waals surface area (Å²) in [6.07, 6.45) is 1.50. The summed E-state index contributed by atoms with van der Waals surface area (Å²) in [7, 11) is -3.70. The van der Waals surface area contributed by atoms with Crippen LogP contribution in [0.15, 0.2) is 52.0 Å². The van der Waals surface area contributed by atoms with Crippen molar-refractivity contribution in [2.24, 2.45) is 0 Å². The Morgan fingerprint density at radius 3 is 2.43 bits per heavy atom. The molecule has 1 aromatic carbocycles. The monoisotopic (exact) mass is 336 g/mol. The summed E-state index contributed by atoms with van der Waals surface area (Å²) in [6.45, 7) is 3.96. The Labute approximate surface area is 135 Å². The zero-order chi connectivity index (χ0) is 16.9. The molecule has 2 rings (SSSR count). The highest BCUT2D eigenvalue weighted by atomic mass is 32.2. The SMILES string of the molecule is CC(C)c1ccc(S(=O)(=O)NCC(=O)NCc2ccco2)cc1. The fraction of sp³-hybridized carbons (Fsp3) is 0.312. The van der Waals surface area contributed by atoms with Gasteiger partial charge in [0.25, 0.3) is 0 Å². The summed E-state index contributed by atoms with van der Waals surface area (Å²) in [4.78, 5) is 11.8. The van der Waals surface area contributed by atoms with Crippen LogP contribution in [-0.2, 0) is 21.4 Å². The lowest BCUT2D eigenvalue weighted by Crippen LogP contribution is -2.36. The zero-order valence-corrected chi connectivity index (χ0v) is 13.9. The van der Waals surface area contributed by atoms with Gasteiger partial charge in [-0.15, -0.1) is 0 Å². The maximum absolute atomic E-state index is 12.1. The molecule has 2 N–H and O–H groups in total. The molecule has 0 fully saturated rings. The molecule has 0 aliphatic carbocycles. The second-order valence-corrected chi connectivity index (χ2v) is 7.17. The number of benzene rings is 1. The molecular formula is C16H20N2O4S. The van der Waals surface area contributed by atoms with Gasteiger partial charge < -0.3 is 9.73 Å². The average Bonchev–Trinajstić information content (AvgIpc) is 3.04. The van der Waals surface area contributed by atoms with Gasteiger partial charge in [-0.3, -0.25) is 4.79 Å². The van der Waals surface area contributed by atoms with E-state index in [2.05, 4.69) is 10.0 Å². The lowest BCUT2D eigenvalue weighted by Gasteiger charge is -2.09. The van der Waals surface area contributed by atoms with Crippen LogP contribution in [-0.4, -0.2) is 20.9 Å². The van der Waals surface area contributed by atoms with E-state index in [1.54, 1.807) is 36.4 Å². The first-order valence-electron chi connectivity index (χ1n) is 7.27. The molecule has 0 radical (unpaired) electrons. The van der Waals surface area contributed by atoms with Crippen LogP contribution in [0, 0.1) is 0 Å². The van der Waals surface area contributed by atoms with E-state index in [0.717, 1.165) is 5.56 Å². The van der Waals surface area contributed by atoms with E-state index >= 15 is 0 Å². The smallest absolute Gasteiger partial charge is 0.241 e. The van der Waals surface area contributed by atoms with Crippen LogP contribution in [0.5, 0.6) is 0 Å². The van der Waals surface area contributed by atoms with Gasteiger partial charge in [0.15, 0.2) is 0 Å². The van der Waals surface area contributed by atoms with Gasteiger partial charge in [0.1, 0.15) is 5.76 Å². The molecule has 0 spiro atoms. The highest BCUT2D eigenvalue weighted by molar-refractivity contribution is 7.89. The summed E-state index contributed by atoms with van der Waals surface area (Å²) in [6, 6.07) is 10.1. The van der Waals surface area contributed by atoms with E-state index in [1.165, 1.54) is 6.26 Å². The Morgan fingerprint density at radius 2 is 1.87 bits per heavy atom. The third-order valence-corrected chi connectivity index (χ3v) is 4.74. The Morgan fingerprint density at radius 1 is 1.17 bits per heavy atom. The quantitative estimate of drug-likeness (QED) is 0.809. The van der Waals surface area contributed by atoms with Gasteiger partial charge in [-0.05, 0) is 35.7 Å². The van der Waals surface area contributed by atoms with Crippen molar-refractivity contribution in [1.29, 1.82) is 0 Å². The first kappa shape index (κ1) is 17.2. The molecule has 0 saturated heterocycles. The van der Waals surface area contributed by atoms with Crippen molar-refractivity contribution in [2.75, 3.05) is 6.54 Å². The zero-order valence-electron chi connectivity index (χ0n) is 13.1. The lowest BCUT2D eigenvalue weighted by atomic mass is 10.0. The highest BCUT2D eigenvalue weighted by Gasteiger charge is 2.15. The molecule has 0 bridgehead atoms. The van der Waals surface area contributed by atoms with Crippen molar-refractivity contribution in [3.8, 4) is 0 Å². The van der Waals surface area contributed by atoms with Gasteiger partial charge in [-0.25, -0.2) is 13.1 Å². The van der Waals surface area contributed by atoms with Crippen LogP contribution in [0.1, 0.15) is 31.1 Å². The van der Waals surface area contributed by atoms with E-state index in [-0.39, 0.29) is 18.0 Å². The molecule has 0 aliphatic heterocycles. The van der Waals surface area contributed by atoms with Crippen molar-refractivity contribution in [2.45, 2.75) is 31.2 Å². The number of hydrogen-bond donors (Lipinski definition) is 2. The normalized spacial score (nSPS) is 11.6. The van der Waals surface area contributed by atoms with E-state index in [1.807, 2.05) is 13.8 Å². The molecule has 0 unspecified atom stereocenters. The van der Waals surface area contributed by atoms with Crippen molar-refractivity contribution < 1.29 is 17.6 Å². The van der Waals surface area contributed by atoms with Gasteiger partial charge in [-0.2, -0.15) is 0 Å². The van der Waals surface area contributed by atoms with Crippen molar-refractivity contribution in [3.63, 3.8) is 0 Å². The lowest BCUT2D eigenvalue weighted by molar-refractivity contribution is -0.120. The minimum Gasteiger partial charge on any atom is -0.467 e. The van der Waals surface area contributed by atoms with Crippen LogP contribution in [0.3, 0.4) is 0 Å². The third-order valence-electron chi connectivity index (χ3n) is 3.32. The van der Waals surface area contributed by atoms with Gasteiger partial charge in [0, 0.05) is 0 Å². The number of hydrogen-bond acceptors (Lipinski definition) is 4. The summed E-state index contributed by atoms with van der Waals surface area (Å²) in [5.41, 5.74) is 1.06. The van der Waals surface area contributed by atoms with Gasteiger partial charge in [0.2, 0.25) is 15.9 Å². The summed E-state index contributed by atoms with van der Waals surface area (Å²) in [5.74, 6) is 0.501. The van der Waals surface area contributed by atoms with Crippen LogP contribution in [0.2, 0.25) is 0 Å². The molecule has 6 nitrogen and oxygen atoms in total. The third kappa shape index (κ3) is 4.94. The molecule has 7 heteroatoms. The Bertz CT molecular complexity index is 735. The van der Waals surface area contributed by atoms with E-state index in [9.17, 15) is 13.2 Å². The van der Waals surface area contributed by atoms with Crippen LogP contribution >= 0.6 is 0 Å².